The van der Waals surface area contributed by atoms with Gasteiger partial charge in [0, 0.05) is 6.04 Å². The maximum atomic E-state index is 13.2. The monoisotopic (exact) mass is 293 g/mol. The zero-order valence-electron chi connectivity index (χ0n) is 11.5. The number of hydrogen-bond acceptors (Lipinski definition) is 2. The van der Waals surface area contributed by atoms with Gasteiger partial charge in [-0.3, -0.25) is 0 Å². The van der Waals surface area contributed by atoms with Gasteiger partial charge in [-0.1, -0.05) is 35.4 Å². The molecule has 0 radical (unpaired) electrons. The van der Waals surface area contributed by atoms with Crippen LogP contribution < -0.4 is 10.5 Å². The highest BCUT2D eigenvalue weighted by Gasteiger charge is 2.12. The van der Waals surface area contributed by atoms with Crippen molar-refractivity contribution in [1.82, 2.24) is 0 Å². The van der Waals surface area contributed by atoms with Crippen molar-refractivity contribution < 1.29 is 9.13 Å². The molecule has 0 heterocycles. The molecule has 0 aliphatic carbocycles. The normalized spacial score (nSPS) is 12.2. The molecule has 1 atom stereocenters. The highest BCUT2D eigenvalue weighted by atomic mass is 35.5. The predicted molar refractivity (Wildman–Crippen MR) is 79.8 cm³/mol. The van der Waals surface area contributed by atoms with Crippen molar-refractivity contribution in [2.75, 3.05) is 7.11 Å². The average molecular weight is 294 g/mol. The van der Waals surface area contributed by atoms with Gasteiger partial charge in [0.05, 0.1) is 12.1 Å². The van der Waals surface area contributed by atoms with Crippen LogP contribution >= 0.6 is 11.6 Å². The Bertz CT molecular complexity index is 615. The molecule has 1 unspecified atom stereocenters. The molecule has 4 heteroatoms. The third kappa shape index (κ3) is 3.30. The van der Waals surface area contributed by atoms with Crippen LogP contribution in [0.5, 0.6) is 5.75 Å². The summed E-state index contributed by atoms with van der Waals surface area (Å²) in [6.07, 6.45) is 0.604. The molecule has 0 bridgehead atoms. The van der Waals surface area contributed by atoms with Crippen LogP contribution in [0, 0.1) is 12.7 Å². The molecule has 0 aliphatic heterocycles. The van der Waals surface area contributed by atoms with Crippen LogP contribution in [0.15, 0.2) is 36.4 Å². The fourth-order valence-corrected chi connectivity index (χ4v) is 2.35. The van der Waals surface area contributed by atoms with Crippen molar-refractivity contribution in [1.29, 1.82) is 0 Å². The number of aryl methyl sites for hydroxylation is 1. The molecule has 2 aromatic rings. The number of ether oxygens (including phenoxy) is 1. The number of benzene rings is 2. The molecule has 106 valence electrons. The minimum Gasteiger partial charge on any atom is -0.496 e. The van der Waals surface area contributed by atoms with E-state index in [1.807, 2.05) is 25.1 Å². The standard InChI is InChI=1S/C16H17ClFNO/c1-10-3-6-16(20-2)12(7-10)9-15(19)11-4-5-14(18)13(17)8-11/h3-8,15H,9,19H2,1-2H3. The molecule has 0 saturated heterocycles. The number of halogens is 2. The fraction of sp³-hybridized carbons (Fsp3) is 0.250. The van der Waals surface area contributed by atoms with Crippen molar-refractivity contribution in [2.45, 2.75) is 19.4 Å². The molecule has 0 aromatic heterocycles. The highest BCUT2D eigenvalue weighted by Crippen LogP contribution is 2.26. The number of hydrogen-bond donors (Lipinski definition) is 1. The second-order valence-corrected chi connectivity index (χ2v) is 5.21. The van der Waals surface area contributed by atoms with Gasteiger partial charge in [0.1, 0.15) is 11.6 Å². The summed E-state index contributed by atoms with van der Waals surface area (Å²) >= 11 is 5.79. The molecule has 0 aliphatic rings. The summed E-state index contributed by atoms with van der Waals surface area (Å²) < 4.78 is 18.5. The average Bonchev–Trinajstić information content (AvgIpc) is 2.42. The van der Waals surface area contributed by atoms with Crippen LogP contribution in [-0.2, 0) is 6.42 Å². The lowest BCUT2D eigenvalue weighted by Crippen LogP contribution is -2.14. The van der Waals surface area contributed by atoms with Gasteiger partial charge in [0.25, 0.3) is 0 Å². The zero-order valence-corrected chi connectivity index (χ0v) is 12.2. The van der Waals surface area contributed by atoms with E-state index in [0.717, 1.165) is 22.4 Å². The van der Waals surface area contributed by atoms with Crippen molar-refractivity contribution in [2.24, 2.45) is 5.73 Å². The Labute approximate surface area is 123 Å². The molecule has 0 amide bonds. The van der Waals surface area contributed by atoms with Crippen LogP contribution in [0.25, 0.3) is 0 Å². The van der Waals surface area contributed by atoms with Gasteiger partial charge in [0.15, 0.2) is 0 Å². The quantitative estimate of drug-likeness (QED) is 0.923. The van der Waals surface area contributed by atoms with Gasteiger partial charge in [0.2, 0.25) is 0 Å². The Hall–Kier alpha value is -1.58. The summed E-state index contributed by atoms with van der Waals surface area (Å²) in [5.41, 5.74) is 9.16. The van der Waals surface area contributed by atoms with Gasteiger partial charge in [-0.25, -0.2) is 4.39 Å². The molecule has 20 heavy (non-hydrogen) atoms. The second kappa shape index (κ2) is 6.25. The summed E-state index contributed by atoms with van der Waals surface area (Å²) in [4.78, 5) is 0. The maximum Gasteiger partial charge on any atom is 0.141 e. The molecule has 2 N–H and O–H groups in total. The van der Waals surface area contributed by atoms with Gasteiger partial charge < -0.3 is 10.5 Å². The first-order valence-corrected chi connectivity index (χ1v) is 6.73. The predicted octanol–water partition coefficient (Wildman–Crippen LogP) is 4.04. The van der Waals surface area contributed by atoms with E-state index in [1.54, 1.807) is 19.2 Å². The largest absolute Gasteiger partial charge is 0.496 e. The summed E-state index contributed by atoms with van der Waals surface area (Å²) in [6, 6.07) is 10.3. The smallest absolute Gasteiger partial charge is 0.141 e. The van der Waals surface area contributed by atoms with Crippen LogP contribution in [0.1, 0.15) is 22.7 Å². The summed E-state index contributed by atoms with van der Waals surface area (Å²) in [5.74, 6) is 0.370. The van der Waals surface area contributed by atoms with E-state index in [1.165, 1.54) is 6.07 Å². The van der Waals surface area contributed by atoms with E-state index < -0.39 is 5.82 Å². The zero-order chi connectivity index (χ0) is 14.7. The van der Waals surface area contributed by atoms with E-state index in [2.05, 4.69) is 0 Å². The van der Waals surface area contributed by atoms with Crippen molar-refractivity contribution in [3.63, 3.8) is 0 Å². The lowest BCUT2D eigenvalue weighted by atomic mass is 9.98. The number of nitrogens with two attached hydrogens (primary N) is 1. The third-order valence-electron chi connectivity index (χ3n) is 3.25. The van der Waals surface area contributed by atoms with E-state index in [4.69, 9.17) is 22.1 Å². The Balaban J connectivity index is 2.24. The van der Waals surface area contributed by atoms with E-state index in [0.29, 0.717) is 6.42 Å². The van der Waals surface area contributed by atoms with Crippen LogP contribution in [0.2, 0.25) is 5.02 Å². The molecule has 0 saturated carbocycles. The first-order valence-electron chi connectivity index (χ1n) is 6.35. The number of methoxy groups -OCH3 is 1. The Morgan fingerprint density at radius 1 is 1.25 bits per heavy atom. The second-order valence-electron chi connectivity index (χ2n) is 4.80. The number of rotatable bonds is 4. The lowest BCUT2D eigenvalue weighted by molar-refractivity contribution is 0.408. The first kappa shape index (κ1) is 14.8. The molecule has 0 fully saturated rings. The maximum absolute atomic E-state index is 13.2. The van der Waals surface area contributed by atoms with Crippen molar-refractivity contribution in [3.8, 4) is 5.75 Å². The van der Waals surface area contributed by atoms with Crippen LogP contribution in [0.4, 0.5) is 4.39 Å². The van der Waals surface area contributed by atoms with Gasteiger partial charge in [-0.15, -0.1) is 0 Å². The SMILES string of the molecule is COc1ccc(C)cc1CC(N)c1ccc(F)c(Cl)c1. The summed E-state index contributed by atoms with van der Waals surface area (Å²) in [7, 11) is 1.63. The van der Waals surface area contributed by atoms with Crippen molar-refractivity contribution >= 4 is 11.6 Å². The topological polar surface area (TPSA) is 35.2 Å². The van der Waals surface area contributed by atoms with E-state index >= 15 is 0 Å². The van der Waals surface area contributed by atoms with Gasteiger partial charge in [-0.2, -0.15) is 0 Å². The summed E-state index contributed by atoms with van der Waals surface area (Å²) in [5, 5.41) is 0.0918. The first-order chi connectivity index (χ1) is 9.51. The summed E-state index contributed by atoms with van der Waals surface area (Å²) in [6.45, 7) is 2.02. The van der Waals surface area contributed by atoms with Crippen molar-refractivity contribution in [3.05, 3.63) is 63.9 Å². The Morgan fingerprint density at radius 3 is 2.65 bits per heavy atom. The minimum absolute atomic E-state index is 0.0918. The van der Waals surface area contributed by atoms with Crippen LogP contribution in [0.3, 0.4) is 0 Å². The fourth-order valence-electron chi connectivity index (χ4n) is 2.16. The molecular weight excluding hydrogens is 277 g/mol. The molecule has 2 aromatic carbocycles. The molecule has 0 spiro atoms. The van der Waals surface area contributed by atoms with E-state index in [-0.39, 0.29) is 11.1 Å². The highest BCUT2D eigenvalue weighted by molar-refractivity contribution is 6.30. The lowest BCUT2D eigenvalue weighted by Gasteiger charge is -2.15. The Morgan fingerprint density at radius 2 is 2.00 bits per heavy atom. The molecular formula is C16H17ClFNO. The molecule has 2 nitrogen and oxygen atoms in total. The van der Waals surface area contributed by atoms with Crippen LogP contribution in [-0.4, -0.2) is 7.11 Å². The molecule has 2 rings (SSSR count). The van der Waals surface area contributed by atoms with Gasteiger partial charge >= 0.3 is 0 Å². The minimum atomic E-state index is -0.434. The third-order valence-corrected chi connectivity index (χ3v) is 3.54. The van der Waals surface area contributed by atoms with Gasteiger partial charge in [-0.05, 0) is 42.7 Å². The Kier molecular flexibility index (Phi) is 4.63. The van der Waals surface area contributed by atoms with E-state index in [9.17, 15) is 4.39 Å².